The van der Waals surface area contributed by atoms with Crippen molar-refractivity contribution in [2.45, 2.75) is 13.1 Å². The minimum absolute atomic E-state index is 0.0482. The first kappa shape index (κ1) is 15.0. The van der Waals surface area contributed by atoms with Gasteiger partial charge in [-0.2, -0.15) is 13.2 Å². The molecule has 21 heavy (non-hydrogen) atoms. The van der Waals surface area contributed by atoms with E-state index in [0.29, 0.717) is 5.56 Å². The molecule has 0 aliphatic rings. The molecular formula is C17H13F3O. The topological polar surface area (TPSA) is 17.1 Å². The predicted octanol–water partition coefficient (Wildman–Crippen LogP) is 5.08. The monoisotopic (exact) mass is 290 g/mol. The third-order valence-electron chi connectivity index (χ3n) is 3.04. The van der Waals surface area contributed by atoms with Crippen LogP contribution in [0.15, 0.2) is 48.5 Å². The van der Waals surface area contributed by atoms with Crippen LogP contribution in [0.3, 0.4) is 0 Å². The molecule has 0 saturated heterocycles. The Bertz CT molecular complexity index is 667. The molecule has 2 aromatic rings. The number of hydrogen-bond donors (Lipinski definition) is 0. The van der Waals surface area contributed by atoms with Crippen molar-refractivity contribution in [3.63, 3.8) is 0 Å². The molecule has 2 rings (SSSR count). The highest BCUT2D eigenvalue weighted by atomic mass is 19.4. The molecule has 0 fully saturated rings. The van der Waals surface area contributed by atoms with Gasteiger partial charge in [-0.3, -0.25) is 4.79 Å². The smallest absolute Gasteiger partial charge is 0.295 e. The van der Waals surface area contributed by atoms with E-state index in [2.05, 4.69) is 0 Å². The van der Waals surface area contributed by atoms with Gasteiger partial charge in [0.25, 0.3) is 0 Å². The average molecular weight is 290 g/mol. The van der Waals surface area contributed by atoms with Gasteiger partial charge in [0.15, 0.2) is 5.78 Å². The van der Waals surface area contributed by atoms with Gasteiger partial charge in [0.1, 0.15) is 0 Å². The number of Topliss-reactive ketones (excluding diaryl/α,β-unsaturated/α-hetero) is 1. The second-order valence-electron chi connectivity index (χ2n) is 4.60. The van der Waals surface area contributed by atoms with Gasteiger partial charge < -0.3 is 0 Å². The summed E-state index contributed by atoms with van der Waals surface area (Å²) in [4.78, 5) is 11.1. The molecule has 0 radical (unpaired) electrons. The summed E-state index contributed by atoms with van der Waals surface area (Å²) in [6, 6.07) is 12.1. The third kappa shape index (κ3) is 3.81. The van der Waals surface area contributed by atoms with E-state index in [1.54, 1.807) is 36.4 Å². The largest absolute Gasteiger partial charge is 0.416 e. The molecule has 1 nitrogen and oxygen atoms in total. The Morgan fingerprint density at radius 1 is 0.952 bits per heavy atom. The van der Waals surface area contributed by atoms with E-state index in [1.165, 1.54) is 25.1 Å². The first-order chi connectivity index (χ1) is 9.88. The van der Waals surface area contributed by atoms with Crippen LogP contribution in [0.25, 0.3) is 12.2 Å². The molecule has 0 aliphatic carbocycles. The van der Waals surface area contributed by atoms with Crippen LogP contribution in [0.1, 0.15) is 34.0 Å². The van der Waals surface area contributed by atoms with Crippen molar-refractivity contribution >= 4 is 17.9 Å². The van der Waals surface area contributed by atoms with Crippen molar-refractivity contribution in [1.82, 2.24) is 0 Å². The standard InChI is InChI=1S/C17H13F3O/c1-12(21)14-9-6-13(7-10-14)8-11-15-4-2-3-5-16(15)17(18,19)20/h2-11H,1H3. The van der Waals surface area contributed by atoms with E-state index in [0.717, 1.165) is 11.6 Å². The third-order valence-corrected chi connectivity index (χ3v) is 3.04. The van der Waals surface area contributed by atoms with Crippen LogP contribution >= 0.6 is 0 Å². The average Bonchev–Trinajstić information content (AvgIpc) is 2.45. The number of benzene rings is 2. The van der Waals surface area contributed by atoms with Gasteiger partial charge in [-0.25, -0.2) is 0 Å². The summed E-state index contributed by atoms with van der Waals surface area (Å²) in [7, 11) is 0. The molecule has 0 heterocycles. The van der Waals surface area contributed by atoms with Gasteiger partial charge in [-0.05, 0) is 24.1 Å². The summed E-state index contributed by atoms with van der Waals surface area (Å²) in [6.45, 7) is 1.46. The molecule has 0 aliphatic heterocycles. The number of alkyl halides is 3. The van der Waals surface area contributed by atoms with E-state index < -0.39 is 11.7 Å². The number of hydrogen-bond acceptors (Lipinski definition) is 1. The van der Waals surface area contributed by atoms with Crippen LogP contribution in [0.2, 0.25) is 0 Å². The van der Waals surface area contributed by atoms with Crippen LogP contribution < -0.4 is 0 Å². The number of ketones is 1. The Balaban J connectivity index is 2.28. The number of carbonyl (C=O) groups excluding carboxylic acids is 1. The fourth-order valence-electron chi connectivity index (χ4n) is 1.92. The first-order valence-corrected chi connectivity index (χ1v) is 6.33. The summed E-state index contributed by atoms with van der Waals surface area (Å²) in [6.07, 6.45) is -1.36. The molecule has 4 heteroatoms. The van der Waals surface area contributed by atoms with Crippen LogP contribution in [0.5, 0.6) is 0 Å². The van der Waals surface area contributed by atoms with Crippen molar-refractivity contribution in [1.29, 1.82) is 0 Å². The Kier molecular flexibility index (Phi) is 4.26. The predicted molar refractivity (Wildman–Crippen MR) is 76.8 cm³/mol. The number of rotatable bonds is 3. The lowest BCUT2D eigenvalue weighted by Crippen LogP contribution is -2.06. The second kappa shape index (κ2) is 5.95. The zero-order chi connectivity index (χ0) is 15.5. The molecule has 0 saturated carbocycles. The van der Waals surface area contributed by atoms with Crippen molar-refractivity contribution in [2.24, 2.45) is 0 Å². The Hall–Kier alpha value is -2.36. The van der Waals surface area contributed by atoms with E-state index >= 15 is 0 Å². The maximum absolute atomic E-state index is 12.8. The minimum Gasteiger partial charge on any atom is -0.295 e. The SMILES string of the molecule is CC(=O)c1ccc(C=Cc2ccccc2C(F)(F)F)cc1. The Morgan fingerprint density at radius 2 is 1.57 bits per heavy atom. The highest BCUT2D eigenvalue weighted by Crippen LogP contribution is 2.32. The van der Waals surface area contributed by atoms with E-state index in [9.17, 15) is 18.0 Å². The highest BCUT2D eigenvalue weighted by molar-refractivity contribution is 5.94. The summed E-state index contributed by atoms with van der Waals surface area (Å²) in [5.41, 5.74) is 0.752. The number of carbonyl (C=O) groups is 1. The van der Waals surface area contributed by atoms with E-state index in [4.69, 9.17) is 0 Å². The van der Waals surface area contributed by atoms with E-state index in [-0.39, 0.29) is 11.3 Å². The fraction of sp³-hybridized carbons (Fsp3) is 0.118. The Morgan fingerprint density at radius 3 is 2.14 bits per heavy atom. The molecule has 0 N–H and O–H groups in total. The summed E-state index contributed by atoms with van der Waals surface area (Å²) in [5, 5.41) is 0. The van der Waals surface area contributed by atoms with Crippen LogP contribution in [-0.4, -0.2) is 5.78 Å². The second-order valence-corrected chi connectivity index (χ2v) is 4.60. The van der Waals surface area contributed by atoms with Gasteiger partial charge in [-0.1, -0.05) is 54.6 Å². The van der Waals surface area contributed by atoms with Gasteiger partial charge in [0.05, 0.1) is 5.56 Å². The van der Waals surface area contributed by atoms with Crippen LogP contribution in [0.4, 0.5) is 13.2 Å². The lowest BCUT2D eigenvalue weighted by molar-refractivity contribution is -0.137. The zero-order valence-corrected chi connectivity index (χ0v) is 11.3. The van der Waals surface area contributed by atoms with Gasteiger partial charge >= 0.3 is 6.18 Å². The lowest BCUT2D eigenvalue weighted by atomic mass is 10.0. The first-order valence-electron chi connectivity index (χ1n) is 6.33. The molecule has 0 amide bonds. The quantitative estimate of drug-likeness (QED) is 0.569. The normalized spacial score (nSPS) is 11.8. The van der Waals surface area contributed by atoms with Crippen molar-refractivity contribution in [2.75, 3.05) is 0 Å². The molecule has 0 bridgehead atoms. The molecular weight excluding hydrogens is 277 g/mol. The van der Waals surface area contributed by atoms with Gasteiger partial charge in [-0.15, -0.1) is 0 Å². The molecule has 0 unspecified atom stereocenters. The van der Waals surface area contributed by atoms with Gasteiger partial charge in [0, 0.05) is 5.56 Å². The maximum atomic E-state index is 12.8. The Labute approximate surface area is 120 Å². The van der Waals surface area contributed by atoms with Crippen molar-refractivity contribution < 1.29 is 18.0 Å². The van der Waals surface area contributed by atoms with Gasteiger partial charge in [0.2, 0.25) is 0 Å². The summed E-state index contributed by atoms with van der Waals surface area (Å²) in [5.74, 6) is -0.0482. The summed E-state index contributed by atoms with van der Waals surface area (Å²) < 4.78 is 38.5. The van der Waals surface area contributed by atoms with Crippen LogP contribution in [0, 0.1) is 0 Å². The minimum atomic E-state index is -4.38. The van der Waals surface area contributed by atoms with Crippen molar-refractivity contribution in [3.05, 3.63) is 70.8 Å². The molecule has 0 spiro atoms. The number of halogens is 3. The molecule has 0 atom stereocenters. The molecule has 2 aromatic carbocycles. The van der Waals surface area contributed by atoms with E-state index in [1.807, 2.05) is 0 Å². The van der Waals surface area contributed by atoms with Crippen LogP contribution in [-0.2, 0) is 6.18 Å². The lowest BCUT2D eigenvalue weighted by Gasteiger charge is -2.09. The highest BCUT2D eigenvalue weighted by Gasteiger charge is 2.32. The maximum Gasteiger partial charge on any atom is 0.416 e. The zero-order valence-electron chi connectivity index (χ0n) is 11.3. The fourth-order valence-corrected chi connectivity index (χ4v) is 1.92. The molecule has 0 aromatic heterocycles. The molecule has 108 valence electrons. The summed E-state index contributed by atoms with van der Waals surface area (Å²) >= 11 is 0. The van der Waals surface area contributed by atoms with Crippen molar-refractivity contribution in [3.8, 4) is 0 Å².